The number of nitrogens with two attached hydrogens (primary N) is 1. The molecule has 116 valence electrons. The van der Waals surface area contributed by atoms with Crippen molar-refractivity contribution in [2.75, 3.05) is 24.6 Å². The first kappa shape index (κ1) is 15.8. The molecule has 1 aromatic carbocycles. The average molecular weight is 290 g/mol. The molecule has 4 heteroatoms. The Balaban J connectivity index is 2.11. The van der Waals surface area contributed by atoms with Crippen LogP contribution in [0.4, 0.5) is 5.69 Å². The van der Waals surface area contributed by atoms with E-state index >= 15 is 0 Å². The summed E-state index contributed by atoms with van der Waals surface area (Å²) in [5, 5.41) is 0. The first-order valence-corrected chi connectivity index (χ1v) is 7.84. The molecule has 4 nitrogen and oxygen atoms in total. The summed E-state index contributed by atoms with van der Waals surface area (Å²) in [6, 6.07) is 7.77. The van der Waals surface area contributed by atoms with Crippen LogP contribution in [0.2, 0.25) is 0 Å². The Kier molecular flexibility index (Phi) is 5.62. The van der Waals surface area contributed by atoms with Crippen molar-refractivity contribution in [1.29, 1.82) is 0 Å². The monoisotopic (exact) mass is 290 g/mol. The fourth-order valence-electron chi connectivity index (χ4n) is 2.87. The number of carbonyl (C=O) groups excluding carboxylic acids is 1. The summed E-state index contributed by atoms with van der Waals surface area (Å²) < 4.78 is 5.71. The van der Waals surface area contributed by atoms with Gasteiger partial charge in [0.25, 0.3) is 0 Å². The molecule has 21 heavy (non-hydrogen) atoms. The van der Waals surface area contributed by atoms with Crippen molar-refractivity contribution in [3.63, 3.8) is 0 Å². The zero-order valence-corrected chi connectivity index (χ0v) is 13.0. The first-order chi connectivity index (χ1) is 10.1. The van der Waals surface area contributed by atoms with Crippen LogP contribution < -0.4 is 15.4 Å². The zero-order chi connectivity index (χ0) is 15.2. The highest BCUT2D eigenvalue weighted by atomic mass is 16.5. The van der Waals surface area contributed by atoms with E-state index in [4.69, 9.17) is 10.5 Å². The second-order valence-electron chi connectivity index (χ2n) is 6.15. The van der Waals surface area contributed by atoms with E-state index in [0.717, 1.165) is 30.8 Å². The third kappa shape index (κ3) is 4.21. The van der Waals surface area contributed by atoms with Crippen molar-refractivity contribution in [2.45, 2.75) is 33.1 Å². The SMILES string of the molecule is CC(C)CC(CN)CC(=O)N1CCCOc2ccccc21. The molecular weight excluding hydrogens is 264 g/mol. The van der Waals surface area contributed by atoms with Crippen LogP contribution >= 0.6 is 0 Å². The molecule has 0 spiro atoms. The molecule has 0 aromatic heterocycles. The molecule has 0 saturated carbocycles. The molecule has 2 N–H and O–H groups in total. The van der Waals surface area contributed by atoms with Crippen LogP contribution in [0, 0.1) is 11.8 Å². The van der Waals surface area contributed by atoms with Gasteiger partial charge in [0.15, 0.2) is 0 Å². The molecule has 0 saturated heterocycles. The van der Waals surface area contributed by atoms with E-state index < -0.39 is 0 Å². The van der Waals surface area contributed by atoms with Gasteiger partial charge in [-0.15, -0.1) is 0 Å². The third-order valence-corrected chi connectivity index (χ3v) is 3.84. The predicted octanol–water partition coefficient (Wildman–Crippen LogP) is 2.81. The number of rotatable bonds is 5. The lowest BCUT2D eigenvalue weighted by Gasteiger charge is -2.24. The normalized spacial score (nSPS) is 16.1. The summed E-state index contributed by atoms with van der Waals surface area (Å²) in [4.78, 5) is 14.5. The van der Waals surface area contributed by atoms with E-state index in [1.807, 2.05) is 29.2 Å². The summed E-state index contributed by atoms with van der Waals surface area (Å²) >= 11 is 0. The Morgan fingerprint density at radius 2 is 2.14 bits per heavy atom. The Hall–Kier alpha value is -1.55. The van der Waals surface area contributed by atoms with Gasteiger partial charge in [0.2, 0.25) is 5.91 Å². The molecule has 1 aromatic rings. The Morgan fingerprint density at radius 1 is 1.38 bits per heavy atom. The van der Waals surface area contributed by atoms with Crippen LogP contribution in [0.15, 0.2) is 24.3 Å². The number of anilines is 1. The zero-order valence-electron chi connectivity index (χ0n) is 13.0. The molecule has 1 aliphatic heterocycles. The van der Waals surface area contributed by atoms with Gasteiger partial charge < -0.3 is 15.4 Å². The number of carbonyl (C=O) groups is 1. The number of nitrogens with zero attached hydrogens (tertiary/aromatic N) is 1. The number of ether oxygens (including phenoxy) is 1. The largest absolute Gasteiger partial charge is 0.491 e. The summed E-state index contributed by atoms with van der Waals surface area (Å²) in [7, 11) is 0. The topological polar surface area (TPSA) is 55.6 Å². The van der Waals surface area contributed by atoms with Crippen LogP contribution in [-0.4, -0.2) is 25.6 Å². The van der Waals surface area contributed by atoms with Crippen LogP contribution in [-0.2, 0) is 4.79 Å². The minimum atomic E-state index is 0.157. The van der Waals surface area contributed by atoms with Crippen LogP contribution in [0.5, 0.6) is 5.75 Å². The van der Waals surface area contributed by atoms with Crippen molar-refractivity contribution in [2.24, 2.45) is 17.6 Å². The summed E-state index contributed by atoms with van der Waals surface area (Å²) in [5.74, 6) is 1.78. The molecule has 0 radical (unpaired) electrons. The number of amides is 1. The van der Waals surface area contributed by atoms with Gasteiger partial charge in [-0.25, -0.2) is 0 Å². The smallest absolute Gasteiger partial charge is 0.227 e. The highest BCUT2D eigenvalue weighted by Gasteiger charge is 2.24. The number of benzene rings is 1. The molecular formula is C17H26N2O2. The lowest BCUT2D eigenvalue weighted by Crippen LogP contribution is -2.34. The molecule has 2 rings (SSSR count). The van der Waals surface area contributed by atoms with Gasteiger partial charge in [-0.3, -0.25) is 4.79 Å². The van der Waals surface area contributed by atoms with Gasteiger partial charge in [-0.1, -0.05) is 26.0 Å². The van der Waals surface area contributed by atoms with Crippen molar-refractivity contribution in [3.05, 3.63) is 24.3 Å². The van der Waals surface area contributed by atoms with Gasteiger partial charge in [-0.2, -0.15) is 0 Å². The van der Waals surface area contributed by atoms with Crippen LogP contribution in [0.3, 0.4) is 0 Å². The molecule has 1 atom stereocenters. The maximum Gasteiger partial charge on any atom is 0.227 e. The summed E-state index contributed by atoms with van der Waals surface area (Å²) in [6.45, 7) is 6.28. The first-order valence-electron chi connectivity index (χ1n) is 7.84. The second kappa shape index (κ2) is 7.46. The highest BCUT2D eigenvalue weighted by Crippen LogP contribution is 2.31. The maximum atomic E-state index is 12.7. The number of hydrogen-bond donors (Lipinski definition) is 1. The molecule has 1 aliphatic rings. The molecule has 1 amide bonds. The quantitative estimate of drug-likeness (QED) is 0.907. The van der Waals surface area contributed by atoms with Crippen molar-refractivity contribution in [1.82, 2.24) is 0 Å². The number of para-hydroxylation sites is 2. The minimum absolute atomic E-state index is 0.157. The van der Waals surface area contributed by atoms with E-state index in [-0.39, 0.29) is 11.8 Å². The lowest BCUT2D eigenvalue weighted by molar-refractivity contribution is -0.119. The highest BCUT2D eigenvalue weighted by molar-refractivity contribution is 5.95. The van der Waals surface area contributed by atoms with Gasteiger partial charge in [0.1, 0.15) is 5.75 Å². The number of fused-ring (bicyclic) bond motifs is 1. The summed E-state index contributed by atoms with van der Waals surface area (Å²) in [6.07, 6.45) is 2.37. The van der Waals surface area contributed by atoms with Gasteiger partial charge in [0.05, 0.1) is 12.3 Å². The number of hydrogen-bond acceptors (Lipinski definition) is 3. The van der Waals surface area contributed by atoms with Crippen molar-refractivity contribution < 1.29 is 9.53 Å². The Morgan fingerprint density at radius 3 is 2.86 bits per heavy atom. The van der Waals surface area contributed by atoms with Crippen molar-refractivity contribution >= 4 is 11.6 Å². The lowest BCUT2D eigenvalue weighted by atomic mass is 9.93. The Bertz CT molecular complexity index is 474. The van der Waals surface area contributed by atoms with Gasteiger partial charge in [-0.05, 0) is 43.4 Å². The maximum absolute atomic E-state index is 12.7. The van der Waals surface area contributed by atoms with Crippen LogP contribution in [0.25, 0.3) is 0 Å². The fourth-order valence-corrected chi connectivity index (χ4v) is 2.87. The molecule has 0 aliphatic carbocycles. The average Bonchev–Trinajstić information content (AvgIpc) is 2.68. The molecule has 0 bridgehead atoms. The van der Waals surface area contributed by atoms with Gasteiger partial charge >= 0.3 is 0 Å². The van der Waals surface area contributed by atoms with Crippen LogP contribution in [0.1, 0.15) is 33.1 Å². The van der Waals surface area contributed by atoms with E-state index in [1.54, 1.807) is 0 Å². The summed E-state index contributed by atoms with van der Waals surface area (Å²) in [5.41, 5.74) is 6.72. The molecule has 1 unspecified atom stereocenters. The van der Waals surface area contributed by atoms with Crippen molar-refractivity contribution in [3.8, 4) is 5.75 Å². The van der Waals surface area contributed by atoms with E-state index in [0.29, 0.717) is 25.5 Å². The van der Waals surface area contributed by atoms with E-state index in [2.05, 4.69) is 13.8 Å². The molecule has 1 heterocycles. The fraction of sp³-hybridized carbons (Fsp3) is 0.588. The standard InChI is InChI=1S/C17H26N2O2/c1-13(2)10-14(12-18)11-17(20)19-8-5-9-21-16-7-4-3-6-15(16)19/h3-4,6-7,13-14H,5,8-12,18H2,1-2H3. The van der Waals surface area contributed by atoms with Gasteiger partial charge in [0, 0.05) is 13.0 Å². The third-order valence-electron chi connectivity index (χ3n) is 3.84. The molecule has 0 fully saturated rings. The second-order valence-corrected chi connectivity index (χ2v) is 6.15. The van der Waals surface area contributed by atoms with E-state index in [9.17, 15) is 4.79 Å². The van der Waals surface area contributed by atoms with E-state index in [1.165, 1.54) is 0 Å². The Labute approximate surface area is 127 Å². The predicted molar refractivity (Wildman–Crippen MR) is 85.5 cm³/mol. The minimum Gasteiger partial charge on any atom is -0.491 e.